The van der Waals surface area contributed by atoms with Gasteiger partial charge in [0.1, 0.15) is 5.82 Å². The van der Waals surface area contributed by atoms with Crippen molar-refractivity contribution in [2.45, 2.75) is 32.6 Å². The lowest BCUT2D eigenvalue weighted by Crippen LogP contribution is -2.29. The number of ketones is 1. The van der Waals surface area contributed by atoms with E-state index in [1.165, 1.54) is 12.1 Å². The fraction of sp³-hybridized carbons (Fsp3) is 0.294. The Morgan fingerprint density at radius 1 is 1.14 bits per heavy atom. The number of nitrogens with zero attached hydrogens (tertiary/aromatic N) is 1. The van der Waals surface area contributed by atoms with Gasteiger partial charge < -0.3 is 0 Å². The molecule has 0 aliphatic heterocycles. The number of fused-ring (bicyclic) bond motifs is 1. The quantitative estimate of drug-likeness (QED) is 0.850. The van der Waals surface area contributed by atoms with Gasteiger partial charge >= 0.3 is 0 Å². The van der Waals surface area contributed by atoms with Crippen molar-refractivity contribution < 1.29 is 9.18 Å². The Hall–Kier alpha value is -2.23. The molecule has 1 aliphatic rings. The van der Waals surface area contributed by atoms with Gasteiger partial charge in [-0.2, -0.15) is 0 Å². The molecule has 1 aromatic heterocycles. The maximum absolute atomic E-state index is 13.1. The Morgan fingerprint density at radius 2 is 1.86 bits per heavy atom. The molecule has 0 amide bonds. The molecule has 108 valence electrons. The second-order valence-corrected chi connectivity index (χ2v) is 5.28. The number of halogens is 1. The van der Waals surface area contributed by atoms with E-state index in [9.17, 15) is 14.0 Å². The summed E-state index contributed by atoms with van der Waals surface area (Å²) in [5, 5.41) is 0. The third kappa shape index (κ3) is 2.31. The zero-order valence-corrected chi connectivity index (χ0v) is 11.9. The van der Waals surface area contributed by atoms with Crippen LogP contribution in [-0.4, -0.2) is 10.4 Å². The summed E-state index contributed by atoms with van der Waals surface area (Å²) in [4.78, 5) is 24.7. The van der Waals surface area contributed by atoms with E-state index in [1.54, 1.807) is 22.8 Å². The van der Waals surface area contributed by atoms with Gasteiger partial charge in [0.05, 0.1) is 0 Å². The van der Waals surface area contributed by atoms with Crippen LogP contribution in [0.4, 0.5) is 4.39 Å². The fourth-order valence-electron chi connectivity index (χ4n) is 2.86. The third-order valence-corrected chi connectivity index (χ3v) is 3.96. The fourth-order valence-corrected chi connectivity index (χ4v) is 2.86. The lowest BCUT2D eigenvalue weighted by molar-refractivity contribution is 0.0970. The van der Waals surface area contributed by atoms with E-state index in [0.717, 1.165) is 12.1 Å². The molecule has 0 saturated heterocycles. The number of aromatic nitrogens is 1. The summed E-state index contributed by atoms with van der Waals surface area (Å²) in [6.45, 7) is 1.89. The number of rotatable bonds is 2. The second-order valence-electron chi connectivity index (χ2n) is 5.28. The van der Waals surface area contributed by atoms with Crippen molar-refractivity contribution in [1.29, 1.82) is 0 Å². The van der Waals surface area contributed by atoms with Gasteiger partial charge in [0, 0.05) is 28.9 Å². The van der Waals surface area contributed by atoms with E-state index in [0.29, 0.717) is 36.1 Å². The first kappa shape index (κ1) is 13.7. The van der Waals surface area contributed by atoms with Crippen LogP contribution < -0.4 is 5.56 Å². The smallest absolute Gasteiger partial charge is 0.258 e. The highest BCUT2D eigenvalue weighted by atomic mass is 19.1. The minimum absolute atomic E-state index is 0.0850. The molecule has 0 atom stereocenters. The summed E-state index contributed by atoms with van der Waals surface area (Å²) in [5.41, 5.74) is 2.51. The van der Waals surface area contributed by atoms with Crippen LogP contribution in [0.25, 0.3) is 5.69 Å². The number of Topliss-reactive ketones (excluding diaryl/α,β-unsaturated/α-hetero) is 1. The number of hydrogen-bond donors (Lipinski definition) is 0. The van der Waals surface area contributed by atoms with E-state index in [1.807, 2.05) is 6.92 Å². The molecular formula is C17H16FNO2. The molecule has 1 aromatic carbocycles. The van der Waals surface area contributed by atoms with Crippen molar-refractivity contribution in [3.05, 3.63) is 63.3 Å². The predicted molar refractivity (Wildman–Crippen MR) is 78.6 cm³/mol. The van der Waals surface area contributed by atoms with Crippen LogP contribution in [0.3, 0.4) is 0 Å². The Kier molecular flexibility index (Phi) is 3.45. The van der Waals surface area contributed by atoms with Crippen molar-refractivity contribution in [3.63, 3.8) is 0 Å². The largest absolute Gasteiger partial charge is 0.294 e. The molecule has 1 aliphatic carbocycles. The average Bonchev–Trinajstić information content (AvgIpc) is 2.48. The third-order valence-electron chi connectivity index (χ3n) is 3.96. The first-order valence-electron chi connectivity index (χ1n) is 7.18. The Bertz CT molecular complexity index is 760. The molecular weight excluding hydrogens is 269 g/mol. The summed E-state index contributed by atoms with van der Waals surface area (Å²) in [6, 6.07) is 7.55. The molecule has 0 bridgehead atoms. The number of benzene rings is 1. The second kappa shape index (κ2) is 5.28. The van der Waals surface area contributed by atoms with Gasteiger partial charge in [-0.15, -0.1) is 0 Å². The Morgan fingerprint density at radius 3 is 2.52 bits per heavy atom. The molecule has 0 N–H and O–H groups in total. The number of hydrogen-bond acceptors (Lipinski definition) is 2. The van der Waals surface area contributed by atoms with Crippen LogP contribution in [0.15, 0.2) is 35.1 Å². The summed E-state index contributed by atoms with van der Waals surface area (Å²) < 4.78 is 14.7. The highest BCUT2D eigenvalue weighted by molar-refractivity contribution is 5.98. The Balaban J connectivity index is 2.32. The lowest BCUT2D eigenvalue weighted by atomic mass is 9.92. The zero-order chi connectivity index (χ0) is 15.0. The van der Waals surface area contributed by atoms with Crippen molar-refractivity contribution in [3.8, 4) is 5.69 Å². The minimum Gasteiger partial charge on any atom is -0.294 e. The van der Waals surface area contributed by atoms with Crippen molar-refractivity contribution in [2.24, 2.45) is 0 Å². The molecule has 0 fully saturated rings. The van der Waals surface area contributed by atoms with Crippen LogP contribution in [0, 0.1) is 5.82 Å². The number of carbonyl (C=O) groups is 1. The highest BCUT2D eigenvalue weighted by Crippen LogP contribution is 2.23. The first-order chi connectivity index (χ1) is 10.1. The summed E-state index contributed by atoms with van der Waals surface area (Å²) >= 11 is 0. The van der Waals surface area contributed by atoms with E-state index in [4.69, 9.17) is 0 Å². The molecule has 3 nitrogen and oxygen atoms in total. The average molecular weight is 285 g/mol. The number of aryl methyl sites for hydroxylation is 1. The highest BCUT2D eigenvalue weighted by Gasteiger charge is 2.23. The maximum Gasteiger partial charge on any atom is 0.258 e. The molecule has 0 unspecified atom stereocenters. The number of carbonyl (C=O) groups excluding carboxylic acids is 1. The van der Waals surface area contributed by atoms with Crippen LogP contribution in [0.2, 0.25) is 0 Å². The number of pyridine rings is 1. The van der Waals surface area contributed by atoms with Gasteiger partial charge in [0.15, 0.2) is 5.78 Å². The zero-order valence-electron chi connectivity index (χ0n) is 11.9. The molecule has 2 aromatic rings. The minimum atomic E-state index is -0.344. The molecule has 1 heterocycles. The molecule has 0 saturated carbocycles. The maximum atomic E-state index is 13.1. The van der Waals surface area contributed by atoms with E-state index in [2.05, 4.69) is 0 Å². The van der Waals surface area contributed by atoms with E-state index >= 15 is 0 Å². The van der Waals surface area contributed by atoms with Gasteiger partial charge in [-0.3, -0.25) is 14.2 Å². The Labute approximate surface area is 122 Å². The van der Waals surface area contributed by atoms with Gasteiger partial charge in [-0.25, -0.2) is 4.39 Å². The topological polar surface area (TPSA) is 39.1 Å². The molecule has 3 rings (SSSR count). The lowest BCUT2D eigenvalue weighted by Gasteiger charge is -2.21. The van der Waals surface area contributed by atoms with Crippen molar-refractivity contribution >= 4 is 5.78 Å². The summed E-state index contributed by atoms with van der Waals surface area (Å²) in [7, 11) is 0. The van der Waals surface area contributed by atoms with Crippen LogP contribution in [0.5, 0.6) is 0 Å². The van der Waals surface area contributed by atoms with Gasteiger partial charge in [-0.1, -0.05) is 6.92 Å². The van der Waals surface area contributed by atoms with Crippen molar-refractivity contribution in [1.82, 2.24) is 4.57 Å². The van der Waals surface area contributed by atoms with E-state index in [-0.39, 0.29) is 17.2 Å². The van der Waals surface area contributed by atoms with Crippen LogP contribution in [-0.2, 0) is 12.8 Å². The predicted octanol–water partition coefficient (Wildman–Crippen LogP) is 3.06. The molecule has 0 radical (unpaired) electrons. The van der Waals surface area contributed by atoms with Crippen LogP contribution >= 0.6 is 0 Å². The first-order valence-corrected chi connectivity index (χ1v) is 7.18. The summed E-state index contributed by atoms with van der Waals surface area (Å²) in [5.74, 6) is -0.259. The normalized spacial score (nSPS) is 14.1. The van der Waals surface area contributed by atoms with Crippen molar-refractivity contribution in [2.75, 3.05) is 0 Å². The molecule has 21 heavy (non-hydrogen) atoms. The van der Waals surface area contributed by atoms with Crippen LogP contribution in [0.1, 0.15) is 41.4 Å². The monoisotopic (exact) mass is 285 g/mol. The van der Waals surface area contributed by atoms with Gasteiger partial charge in [0.25, 0.3) is 5.56 Å². The summed E-state index contributed by atoms with van der Waals surface area (Å²) in [6.07, 6.45) is 2.54. The molecule has 4 heteroatoms. The van der Waals surface area contributed by atoms with Gasteiger partial charge in [-0.05, 0) is 49.6 Å². The molecule has 0 spiro atoms. The van der Waals surface area contributed by atoms with E-state index < -0.39 is 0 Å². The van der Waals surface area contributed by atoms with Gasteiger partial charge in [0.2, 0.25) is 0 Å². The standard InChI is InChI=1S/C17H16FNO2/c1-2-11-10-14-15(4-3-5-16(14)20)19(17(11)21)13-8-6-12(18)7-9-13/h6-10H,2-5H2,1H3. The SMILES string of the molecule is CCc1cc2c(n(-c3ccc(F)cc3)c1=O)CCCC2=O.